The average Bonchev–Trinajstić information content (AvgIpc) is 3.25. The van der Waals surface area contributed by atoms with E-state index in [1.54, 1.807) is 45.2 Å². The predicted molar refractivity (Wildman–Crippen MR) is 169 cm³/mol. The number of fused-ring (bicyclic) bond motifs is 1. The number of esters is 2. The normalized spacial score (nSPS) is 14.6. The van der Waals surface area contributed by atoms with E-state index in [1.165, 1.54) is 23.0 Å². The first-order valence-electron chi connectivity index (χ1n) is 12.8. The second kappa shape index (κ2) is 13.9. The van der Waals surface area contributed by atoms with Gasteiger partial charge in [-0.2, -0.15) is 0 Å². The van der Waals surface area contributed by atoms with Crippen LogP contribution in [0.1, 0.15) is 37.9 Å². The monoisotopic (exact) mass is 770 g/mol. The molecule has 222 valence electrons. The number of methoxy groups -OCH3 is 2. The Morgan fingerprint density at radius 1 is 1.12 bits per heavy atom. The molecule has 0 radical (unpaired) electrons. The summed E-state index contributed by atoms with van der Waals surface area (Å²) in [5, 5.41) is 0. The van der Waals surface area contributed by atoms with Crippen molar-refractivity contribution in [2.75, 3.05) is 34.0 Å². The lowest BCUT2D eigenvalue weighted by molar-refractivity contribution is -0.143. The van der Waals surface area contributed by atoms with Gasteiger partial charge in [0.1, 0.15) is 5.75 Å². The fraction of sp³-hybridized carbons (Fsp3) is 0.310. The molecule has 0 fully saturated rings. The number of rotatable bonds is 10. The first-order chi connectivity index (χ1) is 20.1. The Morgan fingerprint density at radius 2 is 1.88 bits per heavy atom. The summed E-state index contributed by atoms with van der Waals surface area (Å²) in [5.74, 6) is 0.243. The van der Waals surface area contributed by atoms with E-state index < -0.39 is 18.0 Å². The zero-order valence-electron chi connectivity index (χ0n) is 23.5. The molecular formula is C29H28BrIN2O8S. The molecule has 2 heterocycles. The third-order valence-electron chi connectivity index (χ3n) is 6.20. The fourth-order valence-electron chi connectivity index (χ4n) is 4.39. The van der Waals surface area contributed by atoms with Gasteiger partial charge in [0, 0.05) is 0 Å². The number of allylic oxidation sites excluding steroid dienone is 1. The van der Waals surface area contributed by atoms with Crippen molar-refractivity contribution in [3.63, 3.8) is 0 Å². The van der Waals surface area contributed by atoms with Gasteiger partial charge in [0.05, 0.1) is 57.3 Å². The number of halogens is 2. The number of hydrogen-bond donors (Lipinski definition) is 0. The molecule has 0 aliphatic carbocycles. The molecule has 0 spiro atoms. The molecule has 0 N–H and O–H groups in total. The number of hydrogen-bond acceptors (Lipinski definition) is 10. The smallest absolute Gasteiger partial charge is 0.343 e. The molecule has 0 saturated heterocycles. The molecule has 10 nitrogen and oxygen atoms in total. The van der Waals surface area contributed by atoms with E-state index >= 15 is 0 Å². The number of thiazole rings is 1. The summed E-state index contributed by atoms with van der Waals surface area (Å²) in [5.41, 5.74) is 1.74. The van der Waals surface area contributed by atoms with Gasteiger partial charge in [-0.3, -0.25) is 9.36 Å². The minimum absolute atomic E-state index is 0.155. The highest BCUT2D eigenvalue weighted by Crippen LogP contribution is 2.36. The second-order valence-corrected chi connectivity index (χ2v) is 11.8. The molecule has 13 heteroatoms. The lowest BCUT2D eigenvalue weighted by Gasteiger charge is -2.25. The quantitative estimate of drug-likeness (QED) is 0.224. The summed E-state index contributed by atoms with van der Waals surface area (Å²) >= 11 is 6.93. The number of ether oxygens (including phenoxy) is 5. The Hall–Kier alpha value is -3.17. The van der Waals surface area contributed by atoms with Crippen LogP contribution >= 0.6 is 49.9 Å². The zero-order valence-corrected chi connectivity index (χ0v) is 28.0. The van der Waals surface area contributed by atoms with Crippen LogP contribution in [0.15, 0.2) is 55.9 Å². The molecule has 0 unspecified atom stereocenters. The van der Waals surface area contributed by atoms with Gasteiger partial charge in [-0.15, -0.1) is 0 Å². The van der Waals surface area contributed by atoms with Crippen LogP contribution in [0.3, 0.4) is 0 Å². The maximum Gasteiger partial charge on any atom is 0.343 e. The average molecular weight is 771 g/mol. The van der Waals surface area contributed by atoms with Gasteiger partial charge in [-0.05, 0) is 101 Å². The standard InChI is InChI=1S/C29H28BrIN2O8S/c1-6-39-21-13-17(8-9-20(21)41-14-23(34)37-4)25-24(28(36)40-7-2)15(3)32-29-33(25)27(35)22(42-29)12-16-10-18(30)26(38-5)19(31)11-16/h8-13,25H,6-7,14H2,1-5H3/b22-12-/t25-/m1/s1. The van der Waals surface area contributed by atoms with Crippen LogP contribution in [0.5, 0.6) is 17.2 Å². The SMILES string of the molecule is CCOC(=O)C1=C(C)N=c2s/c(=C\c3cc(Br)c(OC)c(I)c3)c(=O)n2[C@@H]1c1ccc(OCC(=O)OC)c(OCC)c1. The number of aromatic nitrogens is 1. The molecular weight excluding hydrogens is 743 g/mol. The minimum Gasteiger partial charge on any atom is -0.494 e. The van der Waals surface area contributed by atoms with Crippen molar-refractivity contribution in [3.05, 3.63) is 80.5 Å². The number of carbonyl (C=O) groups is 2. The molecule has 1 atom stereocenters. The molecule has 4 rings (SSSR count). The second-order valence-electron chi connectivity index (χ2n) is 8.82. The third-order valence-corrected chi connectivity index (χ3v) is 8.57. The van der Waals surface area contributed by atoms with Gasteiger partial charge in [-0.1, -0.05) is 17.4 Å². The molecule has 0 saturated carbocycles. The highest BCUT2D eigenvalue weighted by molar-refractivity contribution is 14.1. The Morgan fingerprint density at radius 3 is 2.52 bits per heavy atom. The van der Waals surface area contributed by atoms with Crippen LogP contribution in [0.2, 0.25) is 0 Å². The van der Waals surface area contributed by atoms with Gasteiger partial charge in [-0.25, -0.2) is 14.6 Å². The molecule has 3 aromatic rings. The Labute approximate surface area is 267 Å². The Kier molecular flexibility index (Phi) is 10.5. The molecule has 42 heavy (non-hydrogen) atoms. The summed E-state index contributed by atoms with van der Waals surface area (Å²) in [6.07, 6.45) is 1.78. The van der Waals surface area contributed by atoms with E-state index in [0.717, 1.165) is 13.6 Å². The maximum atomic E-state index is 14.0. The van der Waals surface area contributed by atoms with Crippen molar-refractivity contribution in [2.24, 2.45) is 4.99 Å². The molecule has 1 aliphatic rings. The van der Waals surface area contributed by atoms with Crippen LogP contribution in [-0.2, 0) is 19.1 Å². The van der Waals surface area contributed by atoms with Crippen LogP contribution in [-0.4, -0.2) is 50.5 Å². The van der Waals surface area contributed by atoms with Crippen molar-refractivity contribution in [1.29, 1.82) is 0 Å². The lowest BCUT2D eigenvalue weighted by atomic mass is 9.95. The topological polar surface area (TPSA) is 115 Å². The number of nitrogens with zero attached hydrogens (tertiary/aromatic N) is 2. The van der Waals surface area contributed by atoms with E-state index in [9.17, 15) is 14.4 Å². The highest BCUT2D eigenvalue weighted by atomic mass is 127. The Balaban J connectivity index is 1.91. The van der Waals surface area contributed by atoms with E-state index in [1.807, 2.05) is 19.1 Å². The van der Waals surface area contributed by atoms with E-state index in [2.05, 4.69) is 48.3 Å². The van der Waals surface area contributed by atoms with E-state index in [-0.39, 0.29) is 24.3 Å². The largest absolute Gasteiger partial charge is 0.494 e. The lowest BCUT2D eigenvalue weighted by Crippen LogP contribution is -2.40. The molecule has 1 aliphatic heterocycles. The third kappa shape index (κ3) is 6.57. The molecule has 0 amide bonds. The van der Waals surface area contributed by atoms with Crippen molar-refractivity contribution >= 4 is 67.9 Å². The van der Waals surface area contributed by atoms with Crippen LogP contribution in [0.4, 0.5) is 0 Å². The number of carbonyl (C=O) groups excluding carboxylic acids is 2. The van der Waals surface area contributed by atoms with Crippen molar-refractivity contribution in [3.8, 4) is 17.2 Å². The highest BCUT2D eigenvalue weighted by Gasteiger charge is 2.34. The summed E-state index contributed by atoms with van der Waals surface area (Å²) in [4.78, 5) is 43.9. The summed E-state index contributed by atoms with van der Waals surface area (Å²) < 4.78 is 30.5. The fourth-order valence-corrected chi connectivity index (χ4v) is 7.32. The van der Waals surface area contributed by atoms with E-state index in [4.69, 9.17) is 18.9 Å². The van der Waals surface area contributed by atoms with Gasteiger partial charge >= 0.3 is 11.9 Å². The van der Waals surface area contributed by atoms with Crippen molar-refractivity contribution in [1.82, 2.24) is 4.57 Å². The van der Waals surface area contributed by atoms with Gasteiger partial charge in [0.2, 0.25) is 0 Å². The first-order valence-corrected chi connectivity index (χ1v) is 15.5. The predicted octanol–water partition coefficient (Wildman–Crippen LogP) is 4.12. The maximum absolute atomic E-state index is 14.0. The van der Waals surface area contributed by atoms with Crippen molar-refractivity contribution < 1.29 is 33.3 Å². The molecule has 2 aromatic carbocycles. The van der Waals surface area contributed by atoms with Crippen LogP contribution < -0.4 is 29.1 Å². The van der Waals surface area contributed by atoms with Crippen LogP contribution in [0.25, 0.3) is 6.08 Å². The number of benzene rings is 2. The summed E-state index contributed by atoms with van der Waals surface area (Å²) in [6, 6.07) is 7.98. The van der Waals surface area contributed by atoms with Gasteiger partial charge in [0.15, 0.2) is 22.9 Å². The molecule has 0 bridgehead atoms. The first kappa shape index (κ1) is 31.8. The zero-order chi connectivity index (χ0) is 30.6. The Bertz CT molecular complexity index is 1720. The minimum atomic E-state index is -0.848. The summed E-state index contributed by atoms with van der Waals surface area (Å²) in [6.45, 7) is 5.41. The van der Waals surface area contributed by atoms with E-state index in [0.29, 0.717) is 44.4 Å². The summed E-state index contributed by atoms with van der Waals surface area (Å²) in [7, 11) is 2.87. The van der Waals surface area contributed by atoms with Crippen molar-refractivity contribution in [2.45, 2.75) is 26.8 Å². The molecule has 1 aromatic heterocycles. The van der Waals surface area contributed by atoms with Gasteiger partial charge < -0.3 is 23.7 Å². The van der Waals surface area contributed by atoms with Crippen LogP contribution in [0, 0.1) is 3.57 Å². The van der Waals surface area contributed by atoms with Gasteiger partial charge in [0.25, 0.3) is 5.56 Å².